The van der Waals surface area contributed by atoms with Crippen LogP contribution < -0.4 is 5.73 Å². The second-order valence-electron chi connectivity index (χ2n) is 2.60. The minimum Gasteiger partial charge on any atom is -0.481 e. The van der Waals surface area contributed by atoms with E-state index >= 15 is 0 Å². The molecule has 1 aromatic rings. The Kier molecular flexibility index (Phi) is 6.45. The molecule has 1 heterocycles. The van der Waals surface area contributed by atoms with E-state index in [1.807, 2.05) is 6.92 Å². The van der Waals surface area contributed by atoms with Gasteiger partial charge in [0.2, 0.25) is 0 Å². The smallest absolute Gasteiger partial charge is 0.303 e. The summed E-state index contributed by atoms with van der Waals surface area (Å²) in [7, 11) is 0. The maximum atomic E-state index is 10.3. The first kappa shape index (κ1) is 13.0. The van der Waals surface area contributed by atoms with Gasteiger partial charge in [-0.3, -0.25) is 14.6 Å². The van der Waals surface area contributed by atoms with Gasteiger partial charge in [0.05, 0.1) is 6.20 Å². The lowest BCUT2D eigenvalue weighted by Gasteiger charge is -1.87. The number of nitrogens with two attached hydrogens (primary N) is 1. The van der Waals surface area contributed by atoms with Crippen LogP contribution in [0.4, 0.5) is 0 Å². The average Bonchev–Trinajstić information content (AvgIpc) is 2.20. The van der Waals surface area contributed by atoms with E-state index in [1.165, 1.54) is 18.6 Å². The molecule has 82 valence electrons. The van der Waals surface area contributed by atoms with E-state index in [1.54, 1.807) is 0 Å². The number of aromatic nitrogens is 2. The van der Waals surface area contributed by atoms with Gasteiger partial charge < -0.3 is 10.8 Å². The monoisotopic (exact) mass is 211 g/mol. The number of nitrogens with zero attached hydrogens (tertiary/aromatic N) is 2. The molecule has 15 heavy (non-hydrogen) atoms. The maximum Gasteiger partial charge on any atom is 0.303 e. The van der Waals surface area contributed by atoms with Crippen LogP contribution in [-0.2, 0) is 4.79 Å². The Morgan fingerprint density at radius 1 is 1.47 bits per heavy atom. The van der Waals surface area contributed by atoms with Crippen molar-refractivity contribution in [2.75, 3.05) is 0 Å². The van der Waals surface area contributed by atoms with Gasteiger partial charge in [0.1, 0.15) is 5.69 Å². The summed E-state index contributed by atoms with van der Waals surface area (Å²) in [5.74, 6) is -1.26. The Morgan fingerprint density at radius 2 is 2.13 bits per heavy atom. The first-order valence-corrected chi connectivity index (χ1v) is 4.35. The fourth-order valence-electron chi connectivity index (χ4n) is 0.640. The molecular weight excluding hydrogens is 198 g/mol. The standard InChI is InChI=1S/C5H5N3O.C4H8O2/c6-5(9)4-3-7-1-2-8-4;1-2-3-4(5)6/h1-3H,(H2,6,9);2-3H2,1H3,(H,5,6). The van der Waals surface area contributed by atoms with E-state index in [0.29, 0.717) is 6.42 Å². The third-order valence-electron chi connectivity index (χ3n) is 1.28. The fourth-order valence-corrected chi connectivity index (χ4v) is 0.640. The molecule has 1 amide bonds. The molecule has 0 aliphatic heterocycles. The van der Waals surface area contributed by atoms with Crippen LogP contribution in [0.3, 0.4) is 0 Å². The second kappa shape index (κ2) is 7.43. The predicted molar refractivity (Wildman–Crippen MR) is 53.1 cm³/mol. The minimum atomic E-state index is -0.711. The van der Waals surface area contributed by atoms with Gasteiger partial charge in [-0.2, -0.15) is 0 Å². The van der Waals surface area contributed by atoms with Gasteiger partial charge in [0.15, 0.2) is 0 Å². The average molecular weight is 211 g/mol. The molecule has 0 aliphatic carbocycles. The van der Waals surface area contributed by atoms with E-state index < -0.39 is 11.9 Å². The number of hydrogen-bond acceptors (Lipinski definition) is 4. The van der Waals surface area contributed by atoms with E-state index in [2.05, 4.69) is 9.97 Å². The van der Waals surface area contributed by atoms with E-state index in [4.69, 9.17) is 10.8 Å². The lowest BCUT2D eigenvalue weighted by Crippen LogP contribution is -2.12. The van der Waals surface area contributed by atoms with Crippen LogP contribution in [0.1, 0.15) is 30.3 Å². The molecule has 0 saturated heterocycles. The van der Waals surface area contributed by atoms with Crippen LogP contribution in [0.15, 0.2) is 18.6 Å². The zero-order chi connectivity index (χ0) is 11.7. The fraction of sp³-hybridized carbons (Fsp3) is 0.333. The molecule has 1 rings (SSSR count). The molecule has 0 atom stereocenters. The van der Waals surface area contributed by atoms with Gasteiger partial charge in [0, 0.05) is 18.8 Å². The zero-order valence-corrected chi connectivity index (χ0v) is 8.38. The summed E-state index contributed by atoms with van der Waals surface area (Å²) in [6.07, 6.45) is 5.24. The molecule has 0 aliphatic rings. The highest BCUT2D eigenvalue weighted by Crippen LogP contribution is 1.85. The highest BCUT2D eigenvalue weighted by Gasteiger charge is 1.97. The summed E-state index contributed by atoms with van der Waals surface area (Å²) in [5, 5.41) is 7.91. The van der Waals surface area contributed by atoms with Crippen LogP contribution in [0, 0.1) is 0 Å². The summed E-state index contributed by atoms with van der Waals surface area (Å²) in [6, 6.07) is 0. The van der Waals surface area contributed by atoms with E-state index in [9.17, 15) is 9.59 Å². The summed E-state index contributed by atoms with van der Waals surface area (Å²) >= 11 is 0. The molecule has 0 unspecified atom stereocenters. The molecule has 0 aromatic carbocycles. The minimum absolute atomic E-state index is 0.192. The van der Waals surface area contributed by atoms with Crippen molar-refractivity contribution < 1.29 is 14.7 Å². The lowest BCUT2D eigenvalue weighted by atomic mass is 10.4. The molecule has 0 spiro atoms. The Bertz CT molecular complexity index is 314. The maximum absolute atomic E-state index is 10.3. The number of aliphatic carboxylic acids is 1. The van der Waals surface area contributed by atoms with Crippen molar-refractivity contribution in [1.29, 1.82) is 0 Å². The van der Waals surface area contributed by atoms with E-state index in [-0.39, 0.29) is 5.69 Å². The van der Waals surface area contributed by atoms with Crippen molar-refractivity contribution in [1.82, 2.24) is 9.97 Å². The molecule has 3 N–H and O–H groups in total. The van der Waals surface area contributed by atoms with Crippen LogP contribution in [-0.4, -0.2) is 27.0 Å². The Hall–Kier alpha value is -1.98. The third-order valence-corrected chi connectivity index (χ3v) is 1.28. The Labute approximate surface area is 87.2 Å². The SMILES string of the molecule is CCCC(=O)O.NC(=O)c1cnccn1. The van der Waals surface area contributed by atoms with E-state index in [0.717, 1.165) is 6.42 Å². The van der Waals surface area contributed by atoms with Crippen LogP contribution in [0.25, 0.3) is 0 Å². The topological polar surface area (TPSA) is 106 Å². The largest absolute Gasteiger partial charge is 0.481 e. The quantitative estimate of drug-likeness (QED) is 0.754. The molecule has 0 fully saturated rings. The predicted octanol–water partition coefficient (Wildman–Crippen LogP) is 0.447. The number of rotatable bonds is 3. The highest BCUT2D eigenvalue weighted by molar-refractivity contribution is 5.90. The number of hydrogen-bond donors (Lipinski definition) is 2. The lowest BCUT2D eigenvalue weighted by molar-refractivity contribution is -0.137. The van der Waals surface area contributed by atoms with Crippen molar-refractivity contribution in [3.8, 4) is 0 Å². The Balaban J connectivity index is 0.000000288. The first-order chi connectivity index (χ1) is 7.07. The first-order valence-electron chi connectivity index (χ1n) is 4.35. The van der Waals surface area contributed by atoms with Gasteiger partial charge in [0.25, 0.3) is 5.91 Å². The molecular formula is C9H13N3O3. The summed E-state index contributed by atoms with van der Waals surface area (Å²) < 4.78 is 0. The van der Waals surface area contributed by atoms with Gasteiger partial charge in [-0.1, -0.05) is 6.92 Å². The normalized spacial score (nSPS) is 8.60. The molecule has 0 radical (unpaired) electrons. The highest BCUT2D eigenvalue weighted by atomic mass is 16.4. The van der Waals surface area contributed by atoms with Crippen molar-refractivity contribution in [3.05, 3.63) is 24.3 Å². The van der Waals surface area contributed by atoms with Crippen molar-refractivity contribution >= 4 is 11.9 Å². The molecule has 6 nitrogen and oxygen atoms in total. The van der Waals surface area contributed by atoms with Crippen LogP contribution in [0.5, 0.6) is 0 Å². The summed E-state index contributed by atoms with van der Waals surface area (Å²) in [4.78, 5) is 27.2. The number of carbonyl (C=O) groups is 2. The summed E-state index contributed by atoms with van der Waals surface area (Å²) in [5.41, 5.74) is 5.06. The van der Waals surface area contributed by atoms with Gasteiger partial charge in [-0.05, 0) is 6.42 Å². The molecule has 0 saturated carbocycles. The van der Waals surface area contributed by atoms with Gasteiger partial charge >= 0.3 is 5.97 Å². The van der Waals surface area contributed by atoms with Crippen LogP contribution >= 0.6 is 0 Å². The number of amides is 1. The number of carboxylic acids is 1. The van der Waals surface area contributed by atoms with Gasteiger partial charge in [-0.25, -0.2) is 4.98 Å². The number of carbonyl (C=O) groups excluding carboxylic acids is 1. The molecule has 6 heteroatoms. The van der Waals surface area contributed by atoms with Crippen molar-refractivity contribution in [2.24, 2.45) is 5.73 Å². The molecule has 1 aromatic heterocycles. The number of primary amides is 1. The van der Waals surface area contributed by atoms with Crippen molar-refractivity contribution in [2.45, 2.75) is 19.8 Å². The second-order valence-corrected chi connectivity index (χ2v) is 2.60. The van der Waals surface area contributed by atoms with Crippen LogP contribution in [0.2, 0.25) is 0 Å². The van der Waals surface area contributed by atoms with Gasteiger partial charge in [-0.15, -0.1) is 0 Å². The molecule has 0 bridgehead atoms. The van der Waals surface area contributed by atoms with Crippen molar-refractivity contribution in [3.63, 3.8) is 0 Å². The summed E-state index contributed by atoms with van der Waals surface area (Å²) in [6.45, 7) is 1.84. The number of carboxylic acid groups (broad SMARTS) is 1. The zero-order valence-electron chi connectivity index (χ0n) is 8.38. The third kappa shape index (κ3) is 7.12. The Morgan fingerprint density at radius 3 is 2.33 bits per heavy atom.